The number of ether oxygens (including phenoxy) is 1. The minimum atomic E-state index is -0.151. The van der Waals surface area contributed by atoms with Crippen molar-refractivity contribution in [3.05, 3.63) is 83.4 Å². The first-order valence-electron chi connectivity index (χ1n) is 8.78. The molecule has 2 aliphatic rings. The van der Waals surface area contributed by atoms with Crippen LogP contribution < -0.4 is 0 Å². The largest absolute Gasteiger partial charge is 0.370 e. The van der Waals surface area contributed by atoms with Crippen LogP contribution in [-0.2, 0) is 17.6 Å². The lowest BCUT2D eigenvalue weighted by Gasteiger charge is -2.42. The van der Waals surface area contributed by atoms with Crippen molar-refractivity contribution >= 4 is 0 Å². The molecule has 0 N–H and O–H groups in total. The first kappa shape index (κ1) is 14.7. The molecular formula is C22H24O. The topological polar surface area (TPSA) is 9.23 Å². The molecule has 1 saturated heterocycles. The Labute approximate surface area is 139 Å². The molecule has 2 aromatic carbocycles. The van der Waals surface area contributed by atoms with Crippen molar-refractivity contribution in [1.29, 1.82) is 0 Å². The summed E-state index contributed by atoms with van der Waals surface area (Å²) in [7, 11) is 0. The molecule has 1 atom stereocenters. The van der Waals surface area contributed by atoms with E-state index in [-0.39, 0.29) is 5.60 Å². The molecule has 1 unspecified atom stereocenters. The van der Waals surface area contributed by atoms with Crippen LogP contribution in [0.3, 0.4) is 0 Å². The molecule has 4 rings (SSSR count). The quantitative estimate of drug-likeness (QED) is 0.725. The second-order valence-corrected chi connectivity index (χ2v) is 6.89. The summed E-state index contributed by atoms with van der Waals surface area (Å²) in [6, 6.07) is 21.6. The van der Waals surface area contributed by atoms with Gasteiger partial charge >= 0.3 is 0 Å². The van der Waals surface area contributed by atoms with Crippen LogP contribution >= 0.6 is 0 Å². The third kappa shape index (κ3) is 2.98. The van der Waals surface area contributed by atoms with Gasteiger partial charge in [0.05, 0.1) is 5.60 Å². The van der Waals surface area contributed by atoms with Gasteiger partial charge in [0, 0.05) is 19.4 Å². The molecule has 1 aliphatic carbocycles. The van der Waals surface area contributed by atoms with Gasteiger partial charge in [-0.2, -0.15) is 0 Å². The van der Waals surface area contributed by atoms with Gasteiger partial charge in [-0.05, 0) is 41.9 Å². The van der Waals surface area contributed by atoms with E-state index >= 15 is 0 Å². The number of hydrogen-bond donors (Lipinski definition) is 0. The summed E-state index contributed by atoms with van der Waals surface area (Å²) in [6.45, 7) is 0.891. The Morgan fingerprint density at radius 1 is 0.826 bits per heavy atom. The van der Waals surface area contributed by atoms with E-state index in [1.165, 1.54) is 30.4 Å². The van der Waals surface area contributed by atoms with Gasteiger partial charge < -0.3 is 4.74 Å². The van der Waals surface area contributed by atoms with Gasteiger partial charge in [0.25, 0.3) is 0 Å². The lowest BCUT2D eigenvalue weighted by Crippen LogP contribution is -2.45. The average Bonchev–Trinajstić information content (AvgIpc) is 3.07. The fourth-order valence-corrected chi connectivity index (χ4v) is 4.32. The van der Waals surface area contributed by atoms with Crippen molar-refractivity contribution in [3.8, 4) is 0 Å². The summed E-state index contributed by atoms with van der Waals surface area (Å²) in [5.74, 6) is 0.733. The smallest absolute Gasteiger partial charge is 0.0974 e. The second-order valence-electron chi connectivity index (χ2n) is 6.89. The van der Waals surface area contributed by atoms with Crippen LogP contribution in [0.1, 0.15) is 30.4 Å². The maximum atomic E-state index is 6.52. The minimum absolute atomic E-state index is 0.151. The molecule has 1 heterocycles. The van der Waals surface area contributed by atoms with Crippen LogP contribution in [0.5, 0.6) is 0 Å². The van der Waals surface area contributed by atoms with E-state index in [0.717, 1.165) is 25.4 Å². The number of allylic oxidation sites excluding steroid dienone is 1. The molecule has 2 aromatic rings. The Morgan fingerprint density at radius 2 is 1.43 bits per heavy atom. The molecule has 1 nitrogen and oxygen atoms in total. The number of rotatable bonds is 4. The van der Waals surface area contributed by atoms with Gasteiger partial charge in [0.2, 0.25) is 0 Å². The van der Waals surface area contributed by atoms with Crippen molar-refractivity contribution in [2.45, 2.75) is 37.7 Å². The van der Waals surface area contributed by atoms with Crippen molar-refractivity contribution in [2.75, 3.05) is 6.61 Å². The van der Waals surface area contributed by atoms with Crippen molar-refractivity contribution < 1.29 is 4.74 Å². The van der Waals surface area contributed by atoms with Crippen LogP contribution in [0.25, 0.3) is 0 Å². The normalized spacial score (nSPS) is 22.4. The molecule has 0 bridgehead atoms. The van der Waals surface area contributed by atoms with Crippen molar-refractivity contribution in [1.82, 2.24) is 0 Å². The highest BCUT2D eigenvalue weighted by atomic mass is 16.5. The molecular weight excluding hydrogens is 280 g/mol. The zero-order valence-electron chi connectivity index (χ0n) is 13.6. The van der Waals surface area contributed by atoms with E-state index in [9.17, 15) is 0 Å². The number of hydrogen-bond acceptors (Lipinski definition) is 1. The van der Waals surface area contributed by atoms with Crippen LogP contribution in [-0.4, -0.2) is 12.2 Å². The van der Waals surface area contributed by atoms with Crippen LogP contribution in [0.2, 0.25) is 0 Å². The third-order valence-corrected chi connectivity index (χ3v) is 5.35. The molecule has 118 valence electrons. The molecule has 1 aliphatic heterocycles. The molecule has 0 radical (unpaired) electrons. The minimum Gasteiger partial charge on any atom is -0.370 e. The van der Waals surface area contributed by atoms with E-state index < -0.39 is 0 Å². The maximum absolute atomic E-state index is 6.52. The predicted molar refractivity (Wildman–Crippen MR) is 94.4 cm³/mol. The summed E-state index contributed by atoms with van der Waals surface area (Å²) < 4.78 is 6.52. The Bertz CT molecular complexity index is 630. The lowest BCUT2D eigenvalue weighted by molar-refractivity contribution is -0.0506. The van der Waals surface area contributed by atoms with Gasteiger partial charge in [-0.25, -0.2) is 0 Å². The molecule has 1 fully saturated rings. The molecule has 1 heteroatoms. The Hall–Kier alpha value is -1.86. The van der Waals surface area contributed by atoms with Gasteiger partial charge in [-0.3, -0.25) is 0 Å². The van der Waals surface area contributed by atoms with Crippen LogP contribution in [0.4, 0.5) is 0 Å². The van der Waals surface area contributed by atoms with Gasteiger partial charge in [-0.1, -0.05) is 66.7 Å². The number of benzene rings is 2. The van der Waals surface area contributed by atoms with Gasteiger partial charge in [0.1, 0.15) is 0 Å². The Balaban J connectivity index is 1.70. The van der Waals surface area contributed by atoms with E-state index in [4.69, 9.17) is 4.74 Å². The van der Waals surface area contributed by atoms with Gasteiger partial charge in [0.15, 0.2) is 0 Å². The van der Waals surface area contributed by atoms with E-state index in [0.29, 0.717) is 0 Å². The number of fused-ring (bicyclic) bond motifs is 1. The highest BCUT2D eigenvalue weighted by Crippen LogP contribution is 2.45. The highest BCUT2D eigenvalue weighted by molar-refractivity contribution is 5.34. The first-order valence-corrected chi connectivity index (χ1v) is 8.78. The molecule has 0 amide bonds. The summed E-state index contributed by atoms with van der Waals surface area (Å²) >= 11 is 0. The first-order chi connectivity index (χ1) is 11.4. The molecule has 23 heavy (non-hydrogen) atoms. The molecule has 0 aromatic heterocycles. The summed E-state index contributed by atoms with van der Waals surface area (Å²) in [4.78, 5) is 0. The van der Waals surface area contributed by atoms with Gasteiger partial charge in [-0.15, -0.1) is 0 Å². The summed E-state index contributed by atoms with van der Waals surface area (Å²) in [6.07, 6.45) is 8.14. The lowest BCUT2D eigenvalue weighted by atomic mass is 9.75. The van der Waals surface area contributed by atoms with E-state index in [1.807, 2.05) is 0 Å². The SMILES string of the molecule is C1=C2C(CC1)CCOC2(Cc1ccccc1)Cc1ccccc1. The predicted octanol–water partition coefficient (Wildman–Crippen LogP) is 4.97. The second kappa shape index (κ2) is 6.33. The summed E-state index contributed by atoms with van der Waals surface area (Å²) in [5, 5.41) is 0. The van der Waals surface area contributed by atoms with E-state index in [1.54, 1.807) is 5.57 Å². The Kier molecular flexibility index (Phi) is 4.05. The fourth-order valence-electron chi connectivity index (χ4n) is 4.32. The third-order valence-electron chi connectivity index (χ3n) is 5.35. The van der Waals surface area contributed by atoms with Crippen molar-refractivity contribution in [3.63, 3.8) is 0 Å². The van der Waals surface area contributed by atoms with E-state index in [2.05, 4.69) is 66.7 Å². The Morgan fingerprint density at radius 3 is 2.04 bits per heavy atom. The fraction of sp³-hybridized carbons (Fsp3) is 0.364. The summed E-state index contributed by atoms with van der Waals surface area (Å²) in [5.41, 5.74) is 4.16. The van der Waals surface area contributed by atoms with Crippen LogP contribution in [0.15, 0.2) is 72.3 Å². The van der Waals surface area contributed by atoms with Crippen molar-refractivity contribution in [2.24, 2.45) is 5.92 Å². The maximum Gasteiger partial charge on any atom is 0.0974 e. The average molecular weight is 304 g/mol. The highest BCUT2D eigenvalue weighted by Gasteiger charge is 2.43. The zero-order chi connectivity index (χ0) is 15.5. The van der Waals surface area contributed by atoms with Crippen LogP contribution in [0, 0.1) is 5.92 Å². The monoisotopic (exact) mass is 304 g/mol. The molecule has 0 saturated carbocycles. The zero-order valence-corrected chi connectivity index (χ0v) is 13.6. The molecule has 0 spiro atoms. The standard InChI is InChI=1S/C22H24O/c1-3-8-18(9-4-1)16-22(17-19-10-5-2-6-11-19)21-13-7-12-20(21)14-15-23-22/h1-6,8-11,13,20H,7,12,14-17H2.